The Bertz CT molecular complexity index is 985. The second-order valence-electron chi connectivity index (χ2n) is 7.48. The van der Waals surface area contributed by atoms with Gasteiger partial charge in [-0.3, -0.25) is 4.90 Å². The largest absolute Gasteiger partial charge is 0.416 e. The van der Waals surface area contributed by atoms with Crippen LogP contribution >= 0.6 is 0 Å². The average molecular weight is 388 g/mol. The van der Waals surface area contributed by atoms with Gasteiger partial charge in [0.25, 0.3) is 0 Å². The molecule has 0 unspecified atom stereocenters. The van der Waals surface area contributed by atoms with Gasteiger partial charge in [0.15, 0.2) is 0 Å². The van der Waals surface area contributed by atoms with Gasteiger partial charge in [-0.25, -0.2) is 4.98 Å². The van der Waals surface area contributed by atoms with Crippen molar-refractivity contribution in [3.8, 4) is 0 Å². The second kappa shape index (κ2) is 7.13. The summed E-state index contributed by atoms with van der Waals surface area (Å²) in [5.41, 5.74) is 4.22. The van der Waals surface area contributed by atoms with Gasteiger partial charge in [0.2, 0.25) is 5.95 Å². The van der Waals surface area contributed by atoms with Gasteiger partial charge in [-0.1, -0.05) is 23.8 Å². The molecule has 4 nitrogen and oxygen atoms in total. The van der Waals surface area contributed by atoms with E-state index in [9.17, 15) is 13.2 Å². The summed E-state index contributed by atoms with van der Waals surface area (Å²) < 4.78 is 38.7. The number of imidazole rings is 1. The molecule has 0 spiro atoms. The van der Waals surface area contributed by atoms with Crippen LogP contribution in [0.3, 0.4) is 0 Å². The number of nitrogens with one attached hydrogen (secondary N) is 1. The van der Waals surface area contributed by atoms with E-state index in [1.807, 2.05) is 0 Å². The van der Waals surface area contributed by atoms with Crippen molar-refractivity contribution in [2.24, 2.45) is 0 Å². The first kappa shape index (κ1) is 18.8. The van der Waals surface area contributed by atoms with Gasteiger partial charge in [0, 0.05) is 32.7 Å². The summed E-state index contributed by atoms with van der Waals surface area (Å²) in [6.45, 7) is 8.50. The molecule has 0 saturated carbocycles. The molecule has 3 aromatic rings. The lowest BCUT2D eigenvalue weighted by molar-refractivity contribution is -0.137. The smallest absolute Gasteiger partial charge is 0.340 e. The van der Waals surface area contributed by atoms with Gasteiger partial charge in [-0.15, -0.1) is 0 Å². The first-order valence-electron chi connectivity index (χ1n) is 9.40. The third-order valence-corrected chi connectivity index (χ3v) is 5.37. The van der Waals surface area contributed by atoms with Crippen molar-refractivity contribution in [1.29, 1.82) is 0 Å². The first-order chi connectivity index (χ1) is 13.3. The van der Waals surface area contributed by atoms with E-state index in [0.29, 0.717) is 17.0 Å². The predicted octanol–water partition coefficient (Wildman–Crippen LogP) is 4.52. The molecule has 1 fully saturated rings. The molecule has 0 aliphatic carbocycles. The molecule has 1 aliphatic heterocycles. The van der Waals surface area contributed by atoms with Gasteiger partial charge in [-0.2, -0.15) is 13.2 Å². The number of hydrogen-bond donors (Lipinski definition) is 1. The molecule has 1 N–H and O–H groups in total. The van der Waals surface area contributed by atoms with Crippen LogP contribution in [0.25, 0.3) is 11.0 Å². The van der Waals surface area contributed by atoms with Crippen molar-refractivity contribution in [1.82, 2.24) is 14.9 Å². The van der Waals surface area contributed by atoms with E-state index in [2.05, 4.69) is 51.8 Å². The predicted molar refractivity (Wildman–Crippen MR) is 105 cm³/mol. The van der Waals surface area contributed by atoms with Crippen LogP contribution in [0.15, 0.2) is 36.4 Å². The van der Waals surface area contributed by atoms with Crippen LogP contribution < -0.4 is 4.90 Å². The van der Waals surface area contributed by atoms with Crippen molar-refractivity contribution in [2.75, 3.05) is 31.1 Å². The van der Waals surface area contributed by atoms with Gasteiger partial charge < -0.3 is 9.88 Å². The third kappa shape index (κ3) is 3.85. The fourth-order valence-electron chi connectivity index (χ4n) is 3.65. The summed E-state index contributed by atoms with van der Waals surface area (Å²) in [5, 5.41) is 0. The van der Waals surface area contributed by atoms with Gasteiger partial charge in [0.05, 0.1) is 16.6 Å². The third-order valence-electron chi connectivity index (χ3n) is 5.37. The van der Waals surface area contributed by atoms with Crippen molar-refractivity contribution in [3.05, 3.63) is 58.7 Å². The molecule has 148 valence electrons. The maximum atomic E-state index is 12.9. The number of halogens is 3. The Morgan fingerprint density at radius 2 is 1.75 bits per heavy atom. The van der Waals surface area contributed by atoms with Crippen LogP contribution in [0.1, 0.15) is 22.3 Å². The quantitative estimate of drug-likeness (QED) is 0.717. The maximum Gasteiger partial charge on any atom is 0.416 e. The lowest BCUT2D eigenvalue weighted by Crippen LogP contribution is -2.46. The number of rotatable bonds is 3. The first-order valence-corrected chi connectivity index (χ1v) is 9.40. The standard InChI is InChI=1S/C21H23F3N4/c1-14-3-4-15(2)16(11-14)13-27-7-9-28(10-8-27)20-25-18-6-5-17(21(22,23)24)12-19(18)26-20/h3-6,11-12H,7-10,13H2,1-2H3,(H,25,26). The van der Waals surface area contributed by atoms with E-state index in [1.165, 1.54) is 22.8 Å². The number of hydrogen-bond acceptors (Lipinski definition) is 3. The number of nitrogens with zero attached hydrogens (tertiary/aromatic N) is 3. The van der Waals surface area contributed by atoms with Gasteiger partial charge in [0.1, 0.15) is 0 Å². The number of piperazine rings is 1. The second-order valence-corrected chi connectivity index (χ2v) is 7.48. The number of H-pyrrole nitrogens is 1. The minimum Gasteiger partial charge on any atom is -0.340 e. The zero-order valence-corrected chi connectivity index (χ0v) is 16.0. The van der Waals surface area contributed by atoms with Crippen molar-refractivity contribution < 1.29 is 13.2 Å². The van der Waals surface area contributed by atoms with Crippen molar-refractivity contribution in [3.63, 3.8) is 0 Å². The molecule has 4 rings (SSSR count). The lowest BCUT2D eigenvalue weighted by Gasteiger charge is -2.34. The lowest BCUT2D eigenvalue weighted by atomic mass is 10.0. The minimum atomic E-state index is -4.35. The Hall–Kier alpha value is -2.54. The summed E-state index contributed by atoms with van der Waals surface area (Å²) in [7, 11) is 0. The molecule has 0 atom stereocenters. The molecular formula is C21H23F3N4. The van der Waals surface area contributed by atoms with Crippen LogP contribution in [0, 0.1) is 13.8 Å². The average Bonchev–Trinajstić information content (AvgIpc) is 3.08. The molecule has 2 heterocycles. The number of benzene rings is 2. The maximum absolute atomic E-state index is 12.9. The number of aromatic amines is 1. The Balaban J connectivity index is 1.44. The molecule has 1 saturated heterocycles. The minimum absolute atomic E-state index is 0.419. The fourth-order valence-corrected chi connectivity index (χ4v) is 3.65. The Labute approximate surface area is 162 Å². The Morgan fingerprint density at radius 3 is 2.46 bits per heavy atom. The SMILES string of the molecule is Cc1ccc(C)c(CN2CCN(c3nc4ccc(C(F)(F)F)cc4[nH]3)CC2)c1. The van der Waals surface area contributed by atoms with Gasteiger partial charge >= 0.3 is 6.18 Å². The highest BCUT2D eigenvalue weighted by Crippen LogP contribution is 2.31. The summed E-state index contributed by atoms with van der Waals surface area (Å²) in [4.78, 5) is 12.0. The number of aromatic nitrogens is 2. The zero-order chi connectivity index (χ0) is 19.9. The summed E-state index contributed by atoms with van der Waals surface area (Å²) in [6.07, 6.45) is -4.35. The highest BCUT2D eigenvalue weighted by Gasteiger charge is 2.31. The molecule has 0 amide bonds. The molecule has 28 heavy (non-hydrogen) atoms. The van der Waals surface area contributed by atoms with E-state index in [4.69, 9.17) is 0 Å². The summed E-state index contributed by atoms with van der Waals surface area (Å²) in [5.74, 6) is 0.640. The molecule has 7 heteroatoms. The summed E-state index contributed by atoms with van der Waals surface area (Å²) in [6, 6.07) is 10.2. The Kier molecular flexibility index (Phi) is 4.79. The topological polar surface area (TPSA) is 35.2 Å². The highest BCUT2D eigenvalue weighted by molar-refractivity contribution is 5.78. The van der Waals surface area contributed by atoms with Gasteiger partial charge in [-0.05, 0) is 43.2 Å². The van der Waals surface area contributed by atoms with E-state index >= 15 is 0 Å². The van der Waals surface area contributed by atoms with Crippen LogP contribution in [-0.4, -0.2) is 41.0 Å². The van der Waals surface area contributed by atoms with Crippen molar-refractivity contribution in [2.45, 2.75) is 26.6 Å². The van der Waals surface area contributed by atoms with Crippen LogP contribution in [0.5, 0.6) is 0 Å². The molecule has 2 aromatic carbocycles. The molecule has 1 aromatic heterocycles. The van der Waals surface area contributed by atoms with E-state index in [0.717, 1.165) is 44.9 Å². The number of anilines is 1. The summed E-state index contributed by atoms with van der Waals surface area (Å²) >= 11 is 0. The number of alkyl halides is 3. The normalized spacial score (nSPS) is 16.1. The highest BCUT2D eigenvalue weighted by atomic mass is 19.4. The Morgan fingerprint density at radius 1 is 1.00 bits per heavy atom. The van der Waals surface area contributed by atoms with Crippen LogP contribution in [0.4, 0.5) is 19.1 Å². The monoisotopic (exact) mass is 388 g/mol. The van der Waals surface area contributed by atoms with Crippen molar-refractivity contribution >= 4 is 17.0 Å². The van der Waals surface area contributed by atoms with Crippen LogP contribution in [0.2, 0.25) is 0 Å². The number of aryl methyl sites for hydroxylation is 2. The molecule has 0 bridgehead atoms. The van der Waals surface area contributed by atoms with Crippen LogP contribution in [-0.2, 0) is 12.7 Å². The van der Waals surface area contributed by atoms with E-state index in [1.54, 1.807) is 0 Å². The molecule has 0 radical (unpaired) electrons. The number of fused-ring (bicyclic) bond motifs is 1. The molecule has 1 aliphatic rings. The van der Waals surface area contributed by atoms with E-state index in [-0.39, 0.29) is 0 Å². The molecular weight excluding hydrogens is 365 g/mol. The fraction of sp³-hybridized carbons (Fsp3) is 0.381. The zero-order valence-electron chi connectivity index (χ0n) is 16.0. The van der Waals surface area contributed by atoms with E-state index < -0.39 is 11.7 Å².